The summed E-state index contributed by atoms with van der Waals surface area (Å²) in [5.41, 5.74) is 0.603. The van der Waals surface area contributed by atoms with E-state index in [9.17, 15) is 10.1 Å². The molecule has 0 radical (unpaired) electrons. The van der Waals surface area contributed by atoms with Gasteiger partial charge in [0.25, 0.3) is 5.69 Å². The molecule has 0 unspecified atom stereocenters. The summed E-state index contributed by atoms with van der Waals surface area (Å²) in [6, 6.07) is 4.87. The smallest absolute Gasteiger partial charge is 0.296 e. The fraction of sp³-hybridized carbons (Fsp3) is 0.538. The standard InChI is InChI=1S/C13H19N3O3/c1-19-11-4-5-12(13(10-11)16(17)18)14-6-9-15-7-2-3-8-15/h4-5,10,14H,2-3,6-9H2,1H3. The number of hydrogen-bond donors (Lipinski definition) is 1. The molecule has 0 saturated carbocycles. The van der Waals surface area contributed by atoms with Crippen molar-refractivity contribution < 1.29 is 9.66 Å². The van der Waals surface area contributed by atoms with Gasteiger partial charge in [0.1, 0.15) is 11.4 Å². The van der Waals surface area contributed by atoms with Gasteiger partial charge in [-0.15, -0.1) is 0 Å². The van der Waals surface area contributed by atoms with Gasteiger partial charge in [-0.05, 0) is 38.1 Å². The van der Waals surface area contributed by atoms with Crippen LogP contribution in [0.2, 0.25) is 0 Å². The third kappa shape index (κ3) is 3.57. The van der Waals surface area contributed by atoms with Crippen molar-refractivity contribution in [1.82, 2.24) is 4.90 Å². The van der Waals surface area contributed by atoms with Crippen LogP contribution < -0.4 is 10.1 Å². The summed E-state index contributed by atoms with van der Waals surface area (Å²) in [6.07, 6.45) is 2.51. The van der Waals surface area contributed by atoms with E-state index in [1.54, 1.807) is 12.1 Å². The normalized spacial score (nSPS) is 15.4. The molecule has 6 nitrogen and oxygen atoms in total. The number of nitro benzene ring substituents is 1. The van der Waals surface area contributed by atoms with E-state index in [0.29, 0.717) is 18.0 Å². The summed E-state index contributed by atoms with van der Waals surface area (Å²) >= 11 is 0. The maximum atomic E-state index is 11.0. The van der Waals surface area contributed by atoms with Crippen LogP contribution in [0.25, 0.3) is 0 Å². The van der Waals surface area contributed by atoms with Crippen LogP contribution in [0.1, 0.15) is 12.8 Å². The van der Waals surface area contributed by atoms with Crippen molar-refractivity contribution in [3.63, 3.8) is 0 Å². The number of nitrogens with one attached hydrogen (secondary N) is 1. The number of ether oxygens (including phenoxy) is 1. The number of methoxy groups -OCH3 is 1. The molecule has 19 heavy (non-hydrogen) atoms. The molecule has 0 amide bonds. The van der Waals surface area contributed by atoms with E-state index in [-0.39, 0.29) is 10.6 Å². The fourth-order valence-corrected chi connectivity index (χ4v) is 2.29. The van der Waals surface area contributed by atoms with Gasteiger partial charge in [0.2, 0.25) is 0 Å². The molecule has 1 saturated heterocycles. The summed E-state index contributed by atoms with van der Waals surface area (Å²) in [4.78, 5) is 13.0. The number of rotatable bonds is 6. The van der Waals surface area contributed by atoms with Crippen molar-refractivity contribution in [3.05, 3.63) is 28.3 Å². The lowest BCUT2D eigenvalue weighted by molar-refractivity contribution is -0.384. The van der Waals surface area contributed by atoms with E-state index in [4.69, 9.17) is 4.74 Å². The van der Waals surface area contributed by atoms with Crippen molar-refractivity contribution in [2.24, 2.45) is 0 Å². The molecule has 1 N–H and O–H groups in total. The molecule has 0 aromatic heterocycles. The first-order valence-electron chi connectivity index (χ1n) is 6.49. The molecule has 0 atom stereocenters. The first kappa shape index (κ1) is 13.6. The highest BCUT2D eigenvalue weighted by atomic mass is 16.6. The number of nitro groups is 1. The minimum atomic E-state index is -0.388. The van der Waals surface area contributed by atoms with Gasteiger partial charge in [-0.1, -0.05) is 0 Å². The molecule has 6 heteroatoms. The number of anilines is 1. The zero-order valence-electron chi connectivity index (χ0n) is 11.1. The Bertz CT molecular complexity index is 445. The van der Waals surface area contributed by atoms with Crippen LogP contribution in [0.3, 0.4) is 0 Å². The molecule has 1 aromatic rings. The molecule has 0 bridgehead atoms. The topological polar surface area (TPSA) is 67.6 Å². The monoisotopic (exact) mass is 265 g/mol. The van der Waals surface area contributed by atoms with Gasteiger partial charge in [0.15, 0.2) is 0 Å². The van der Waals surface area contributed by atoms with E-state index in [2.05, 4.69) is 10.2 Å². The largest absolute Gasteiger partial charge is 0.496 e. The Morgan fingerprint density at radius 3 is 2.79 bits per heavy atom. The van der Waals surface area contributed by atoms with Crippen LogP contribution in [0.4, 0.5) is 11.4 Å². The molecular formula is C13H19N3O3. The van der Waals surface area contributed by atoms with Gasteiger partial charge in [-0.2, -0.15) is 0 Å². The molecule has 104 valence electrons. The highest BCUT2D eigenvalue weighted by Gasteiger charge is 2.15. The summed E-state index contributed by atoms with van der Waals surface area (Å²) in [5, 5.41) is 14.1. The lowest BCUT2D eigenvalue weighted by Crippen LogP contribution is -2.26. The van der Waals surface area contributed by atoms with Crippen LogP contribution in [-0.2, 0) is 0 Å². The van der Waals surface area contributed by atoms with Crippen LogP contribution in [0, 0.1) is 10.1 Å². The second kappa shape index (κ2) is 6.38. The Morgan fingerprint density at radius 2 is 2.16 bits per heavy atom. The lowest BCUT2D eigenvalue weighted by Gasteiger charge is -2.15. The van der Waals surface area contributed by atoms with Gasteiger partial charge in [0, 0.05) is 13.1 Å². The number of hydrogen-bond acceptors (Lipinski definition) is 5. The minimum Gasteiger partial charge on any atom is -0.496 e. The van der Waals surface area contributed by atoms with Gasteiger partial charge >= 0.3 is 0 Å². The molecule has 1 heterocycles. The Kier molecular flexibility index (Phi) is 4.57. The second-order valence-corrected chi connectivity index (χ2v) is 4.62. The van der Waals surface area contributed by atoms with Gasteiger partial charge in [-0.25, -0.2) is 0 Å². The molecule has 1 aromatic carbocycles. The lowest BCUT2D eigenvalue weighted by atomic mass is 10.2. The van der Waals surface area contributed by atoms with Crippen LogP contribution in [0.15, 0.2) is 18.2 Å². The Morgan fingerprint density at radius 1 is 1.42 bits per heavy atom. The molecule has 2 rings (SSSR count). The van der Waals surface area contributed by atoms with Gasteiger partial charge < -0.3 is 15.0 Å². The van der Waals surface area contributed by atoms with Gasteiger partial charge in [0.05, 0.1) is 18.1 Å². The highest BCUT2D eigenvalue weighted by Crippen LogP contribution is 2.28. The fourth-order valence-electron chi connectivity index (χ4n) is 2.29. The zero-order valence-corrected chi connectivity index (χ0v) is 11.1. The highest BCUT2D eigenvalue weighted by molar-refractivity contribution is 5.63. The van der Waals surface area contributed by atoms with Crippen LogP contribution >= 0.6 is 0 Å². The second-order valence-electron chi connectivity index (χ2n) is 4.62. The maximum Gasteiger partial charge on any atom is 0.296 e. The molecule has 1 aliphatic heterocycles. The summed E-state index contributed by atoms with van der Waals surface area (Å²) in [6.45, 7) is 3.90. The van der Waals surface area contributed by atoms with E-state index in [1.165, 1.54) is 26.0 Å². The van der Waals surface area contributed by atoms with Crippen molar-refractivity contribution in [1.29, 1.82) is 0 Å². The zero-order chi connectivity index (χ0) is 13.7. The molecule has 1 fully saturated rings. The first-order chi connectivity index (χ1) is 9.20. The van der Waals surface area contributed by atoms with Crippen LogP contribution in [-0.4, -0.2) is 43.1 Å². The number of nitrogens with zero attached hydrogens (tertiary/aromatic N) is 2. The number of benzene rings is 1. The third-order valence-corrected chi connectivity index (χ3v) is 3.34. The van der Waals surface area contributed by atoms with Crippen molar-refractivity contribution in [2.45, 2.75) is 12.8 Å². The summed E-state index contributed by atoms with van der Waals surface area (Å²) in [5.74, 6) is 0.497. The summed E-state index contributed by atoms with van der Waals surface area (Å²) in [7, 11) is 1.50. The summed E-state index contributed by atoms with van der Waals surface area (Å²) < 4.78 is 5.01. The minimum absolute atomic E-state index is 0.0563. The molecular weight excluding hydrogens is 246 g/mol. The maximum absolute atomic E-state index is 11.0. The Balaban J connectivity index is 1.96. The van der Waals surface area contributed by atoms with Crippen molar-refractivity contribution >= 4 is 11.4 Å². The quantitative estimate of drug-likeness (QED) is 0.630. The van der Waals surface area contributed by atoms with Crippen molar-refractivity contribution in [2.75, 3.05) is 38.6 Å². The Hall–Kier alpha value is -1.82. The van der Waals surface area contributed by atoms with Crippen molar-refractivity contribution in [3.8, 4) is 5.75 Å². The SMILES string of the molecule is COc1ccc(NCCN2CCCC2)c([N+](=O)[O-])c1. The van der Waals surface area contributed by atoms with Crippen LogP contribution in [0.5, 0.6) is 5.75 Å². The number of likely N-dealkylation sites (tertiary alicyclic amines) is 1. The predicted molar refractivity (Wildman–Crippen MR) is 73.8 cm³/mol. The van der Waals surface area contributed by atoms with E-state index < -0.39 is 0 Å². The molecule has 0 aliphatic carbocycles. The van der Waals surface area contributed by atoms with Gasteiger partial charge in [-0.3, -0.25) is 10.1 Å². The average Bonchev–Trinajstić information content (AvgIpc) is 2.92. The third-order valence-electron chi connectivity index (χ3n) is 3.34. The molecule has 0 spiro atoms. The average molecular weight is 265 g/mol. The first-order valence-corrected chi connectivity index (χ1v) is 6.49. The molecule has 1 aliphatic rings. The van der Waals surface area contributed by atoms with E-state index in [0.717, 1.165) is 19.6 Å². The Labute approximate surface area is 112 Å². The van der Waals surface area contributed by atoms with E-state index >= 15 is 0 Å². The predicted octanol–water partition coefficient (Wildman–Crippen LogP) is 2.11. The van der Waals surface area contributed by atoms with E-state index in [1.807, 2.05) is 0 Å².